The fraction of sp³-hybridized carbons (Fsp3) is 0.579. The first-order valence-electron chi connectivity index (χ1n) is 7.93. The average molecular weight is 272 g/mol. The summed E-state index contributed by atoms with van der Waals surface area (Å²) in [6.07, 6.45) is 8.12. The Labute approximate surface area is 123 Å². The van der Waals surface area contributed by atoms with E-state index in [0.29, 0.717) is 11.7 Å². The number of phenolic OH excluding ortho intramolecular Hbond substituents is 1. The van der Waals surface area contributed by atoms with Gasteiger partial charge in [-0.3, -0.25) is 0 Å². The maximum atomic E-state index is 10.4. The fourth-order valence-corrected chi connectivity index (χ4v) is 3.63. The van der Waals surface area contributed by atoms with Gasteiger partial charge in [-0.1, -0.05) is 51.0 Å². The minimum atomic E-state index is 0.0348. The predicted octanol–water partition coefficient (Wildman–Crippen LogP) is 5.37. The van der Waals surface area contributed by atoms with Crippen molar-refractivity contribution < 1.29 is 5.11 Å². The summed E-state index contributed by atoms with van der Waals surface area (Å²) in [7, 11) is 0. The van der Waals surface area contributed by atoms with Gasteiger partial charge in [-0.25, -0.2) is 0 Å². The van der Waals surface area contributed by atoms with Crippen LogP contribution in [0.3, 0.4) is 0 Å². The van der Waals surface area contributed by atoms with Crippen molar-refractivity contribution in [1.82, 2.24) is 0 Å². The van der Waals surface area contributed by atoms with Crippen molar-refractivity contribution in [3.63, 3.8) is 0 Å². The lowest BCUT2D eigenvalue weighted by molar-refractivity contribution is 0.280. The number of hydrogen-bond acceptors (Lipinski definition) is 1. The smallest absolute Gasteiger partial charge is 0.119 e. The molecule has 0 saturated carbocycles. The van der Waals surface area contributed by atoms with Crippen LogP contribution >= 0.6 is 0 Å². The molecule has 2 rings (SSSR count). The second-order valence-electron chi connectivity index (χ2n) is 6.80. The molecule has 0 radical (unpaired) electrons. The summed E-state index contributed by atoms with van der Waals surface area (Å²) in [5.74, 6) is 1.10. The highest BCUT2D eigenvalue weighted by molar-refractivity contribution is 5.45. The van der Waals surface area contributed by atoms with Crippen LogP contribution in [-0.4, -0.2) is 5.11 Å². The Hall–Kier alpha value is -1.24. The molecule has 1 nitrogen and oxygen atoms in total. The molecule has 1 atom stereocenters. The van der Waals surface area contributed by atoms with E-state index in [4.69, 9.17) is 0 Å². The quantitative estimate of drug-likeness (QED) is 0.731. The van der Waals surface area contributed by atoms with Crippen molar-refractivity contribution in [2.45, 2.75) is 65.2 Å². The van der Waals surface area contributed by atoms with E-state index in [-0.39, 0.29) is 5.41 Å². The van der Waals surface area contributed by atoms with Gasteiger partial charge >= 0.3 is 0 Å². The third kappa shape index (κ3) is 2.92. The zero-order valence-corrected chi connectivity index (χ0v) is 13.4. The number of aromatic hydroxyl groups is 1. The van der Waals surface area contributed by atoms with Crippen molar-refractivity contribution in [3.8, 4) is 5.75 Å². The molecule has 1 unspecified atom stereocenters. The maximum Gasteiger partial charge on any atom is 0.119 e. The molecular formula is C19H28O. The number of phenols is 1. The SMILES string of the molecule is CCCc1cccc(O)c1C(C)(C)C1CC=C(C)CC1. The average Bonchev–Trinajstić information content (AvgIpc) is 2.39. The lowest BCUT2D eigenvalue weighted by Gasteiger charge is -2.38. The molecule has 1 aliphatic carbocycles. The summed E-state index contributed by atoms with van der Waals surface area (Å²) >= 11 is 0. The maximum absolute atomic E-state index is 10.4. The fourth-order valence-electron chi connectivity index (χ4n) is 3.63. The van der Waals surface area contributed by atoms with Crippen molar-refractivity contribution >= 4 is 0 Å². The highest BCUT2D eigenvalue weighted by Crippen LogP contribution is 2.44. The molecule has 0 fully saturated rings. The summed E-state index contributed by atoms with van der Waals surface area (Å²) < 4.78 is 0. The van der Waals surface area contributed by atoms with Crippen LogP contribution in [0.5, 0.6) is 5.75 Å². The highest BCUT2D eigenvalue weighted by Gasteiger charge is 2.35. The lowest BCUT2D eigenvalue weighted by atomic mass is 9.66. The molecule has 20 heavy (non-hydrogen) atoms. The molecule has 0 aromatic heterocycles. The summed E-state index contributed by atoms with van der Waals surface area (Å²) in [6, 6.07) is 6.01. The van der Waals surface area contributed by atoms with E-state index in [9.17, 15) is 5.11 Å². The van der Waals surface area contributed by atoms with E-state index in [0.717, 1.165) is 19.3 Å². The van der Waals surface area contributed by atoms with Crippen LogP contribution in [0.4, 0.5) is 0 Å². The van der Waals surface area contributed by atoms with Gasteiger partial charge in [-0.05, 0) is 55.6 Å². The van der Waals surface area contributed by atoms with E-state index in [1.165, 1.54) is 29.5 Å². The Bertz CT molecular complexity index is 496. The van der Waals surface area contributed by atoms with Crippen LogP contribution in [0, 0.1) is 5.92 Å². The van der Waals surface area contributed by atoms with Gasteiger partial charge in [0.05, 0.1) is 0 Å². The molecule has 0 heterocycles. The second-order valence-corrected chi connectivity index (χ2v) is 6.80. The molecular weight excluding hydrogens is 244 g/mol. The Balaban J connectivity index is 2.38. The van der Waals surface area contributed by atoms with E-state index in [2.05, 4.69) is 39.8 Å². The largest absolute Gasteiger partial charge is 0.508 e. The first kappa shape index (κ1) is 15.2. The lowest BCUT2D eigenvalue weighted by Crippen LogP contribution is -2.31. The van der Waals surface area contributed by atoms with Crippen molar-refractivity contribution in [3.05, 3.63) is 41.0 Å². The molecule has 1 N–H and O–H groups in total. The van der Waals surface area contributed by atoms with Gasteiger partial charge in [0.25, 0.3) is 0 Å². The zero-order chi connectivity index (χ0) is 14.8. The normalized spacial score (nSPS) is 19.8. The van der Waals surface area contributed by atoms with E-state index < -0.39 is 0 Å². The molecule has 1 aromatic rings. The van der Waals surface area contributed by atoms with Crippen LogP contribution in [0.2, 0.25) is 0 Å². The van der Waals surface area contributed by atoms with Crippen LogP contribution in [0.25, 0.3) is 0 Å². The Morgan fingerprint density at radius 2 is 2.05 bits per heavy atom. The molecule has 0 spiro atoms. The van der Waals surface area contributed by atoms with E-state index in [1.54, 1.807) is 0 Å². The Morgan fingerprint density at radius 1 is 1.30 bits per heavy atom. The van der Waals surface area contributed by atoms with Gasteiger partial charge in [0.2, 0.25) is 0 Å². The highest BCUT2D eigenvalue weighted by atomic mass is 16.3. The van der Waals surface area contributed by atoms with Crippen LogP contribution in [0.15, 0.2) is 29.8 Å². The summed E-state index contributed by atoms with van der Waals surface area (Å²) in [5.41, 5.74) is 4.05. The minimum Gasteiger partial charge on any atom is -0.508 e. The molecule has 1 aromatic carbocycles. The molecule has 1 heteroatoms. The third-order valence-corrected chi connectivity index (χ3v) is 4.95. The molecule has 110 valence electrons. The standard InChI is InChI=1S/C19H28O/c1-5-7-15-8-6-9-17(20)18(15)19(3,4)16-12-10-14(2)11-13-16/h6,8-10,16,20H,5,7,11-13H2,1-4H3. The van der Waals surface area contributed by atoms with Gasteiger partial charge in [0, 0.05) is 5.56 Å². The molecule has 1 aliphatic rings. The number of benzene rings is 1. The van der Waals surface area contributed by atoms with Gasteiger partial charge in [-0.2, -0.15) is 0 Å². The van der Waals surface area contributed by atoms with Gasteiger partial charge in [-0.15, -0.1) is 0 Å². The number of rotatable bonds is 4. The molecule has 0 amide bonds. The Morgan fingerprint density at radius 3 is 2.65 bits per heavy atom. The predicted molar refractivity (Wildman–Crippen MR) is 86.2 cm³/mol. The number of allylic oxidation sites excluding steroid dienone is 2. The topological polar surface area (TPSA) is 20.2 Å². The van der Waals surface area contributed by atoms with Crippen LogP contribution in [0.1, 0.15) is 64.5 Å². The molecule has 0 aliphatic heterocycles. The van der Waals surface area contributed by atoms with Crippen molar-refractivity contribution in [2.75, 3.05) is 0 Å². The zero-order valence-electron chi connectivity index (χ0n) is 13.4. The summed E-state index contributed by atoms with van der Waals surface area (Å²) in [5, 5.41) is 10.4. The molecule has 0 bridgehead atoms. The van der Waals surface area contributed by atoms with Crippen LogP contribution in [-0.2, 0) is 11.8 Å². The number of aryl methyl sites for hydroxylation is 1. The van der Waals surface area contributed by atoms with Gasteiger partial charge in [0.1, 0.15) is 5.75 Å². The first-order chi connectivity index (χ1) is 9.46. The molecule has 0 saturated heterocycles. The van der Waals surface area contributed by atoms with Gasteiger partial charge < -0.3 is 5.11 Å². The monoisotopic (exact) mass is 272 g/mol. The first-order valence-corrected chi connectivity index (χ1v) is 7.93. The summed E-state index contributed by atoms with van der Waals surface area (Å²) in [4.78, 5) is 0. The number of hydrogen-bond donors (Lipinski definition) is 1. The van der Waals surface area contributed by atoms with Crippen molar-refractivity contribution in [1.29, 1.82) is 0 Å². The third-order valence-electron chi connectivity index (χ3n) is 4.95. The van der Waals surface area contributed by atoms with E-state index >= 15 is 0 Å². The van der Waals surface area contributed by atoms with Crippen LogP contribution < -0.4 is 0 Å². The second kappa shape index (κ2) is 6.03. The van der Waals surface area contributed by atoms with Crippen molar-refractivity contribution in [2.24, 2.45) is 5.92 Å². The Kier molecular flexibility index (Phi) is 4.57. The van der Waals surface area contributed by atoms with Gasteiger partial charge in [0.15, 0.2) is 0 Å². The van der Waals surface area contributed by atoms with E-state index in [1.807, 2.05) is 12.1 Å². The summed E-state index contributed by atoms with van der Waals surface area (Å²) in [6.45, 7) is 9.04. The minimum absolute atomic E-state index is 0.0348.